The molecule has 0 spiro atoms. The second kappa shape index (κ2) is 1.82. The Labute approximate surface area is 67.8 Å². The minimum atomic E-state index is -0.189. The smallest absolute Gasteiger partial charge is 0.0681 e. The maximum atomic E-state index is 10.2. The summed E-state index contributed by atoms with van der Waals surface area (Å²) in [6, 6.07) is 0. The minimum Gasteiger partial charge on any atom is -0.390 e. The van der Waals surface area contributed by atoms with Gasteiger partial charge in [-0.15, -0.1) is 0 Å². The molecule has 0 aromatic carbocycles. The van der Waals surface area contributed by atoms with Gasteiger partial charge in [-0.1, -0.05) is 6.42 Å². The van der Waals surface area contributed by atoms with Crippen molar-refractivity contribution < 1.29 is 5.11 Å². The van der Waals surface area contributed by atoms with E-state index in [0.717, 1.165) is 24.7 Å². The average molecular weight is 152 g/mol. The Morgan fingerprint density at radius 1 is 1.27 bits per heavy atom. The van der Waals surface area contributed by atoms with Gasteiger partial charge in [0.25, 0.3) is 0 Å². The molecule has 3 aliphatic rings. The van der Waals surface area contributed by atoms with E-state index in [4.69, 9.17) is 0 Å². The highest BCUT2D eigenvalue weighted by atomic mass is 16.3. The summed E-state index contributed by atoms with van der Waals surface area (Å²) in [5.41, 5.74) is -0.189. The highest BCUT2D eigenvalue weighted by molar-refractivity contribution is 5.07. The van der Waals surface area contributed by atoms with E-state index in [-0.39, 0.29) is 5.60 Å². The SMILES string of the molecule is O[C@@]12CCC[C@@H]3C[C@@H](C[C@H]31)C2. The number of fused-ring (bicyclic) bond motifs is 1. The zero-order chi connectivity index (χ0) is 7.47. The molecular weight excluding hydrogens is 136 g/mol. The molecule has 3 fully saturated rings. The second-order valence-corrected chi connectivity index (χ2v) is 4.90. The number of hydrogen-bond acceptors (Lipinski definition) is 1. The van der Waals surface area contributed by atoms with Crippen LogP contribution in [0.15, 0.2) is 0 Å². The Bertz CT molecular complexity index is 189. The summed E-state index contributed by atoms with van der Waals surface area (Å²) < 4.78 is 0. The quantitative estimate of drug-likeness (QED) is 0.562. The Hall–Kier alpha value is -0.0400. The molecular formula is C10H16O. The molecule has 3 aliphatic carbocycles. The minimum absolute atomic E-state index is 0.189. The highest BCUT2D eigenvalue weighted by Crippen LogP contribution is 2.59. The van der Waals surface area contributed by atoms with Crippen molar-refractivity contribution in [1.29, 1.82) is 0 Å². The summed E-state index contributed by atoms with van der Waals surface area (Å²) >= 11 is 0. The topological polar surface area (TPSA) is 20.2 Å². The monoisotopic (exact) mass is 152 g/mol. The zero-order valence-electron chi connectivity index (χ0n) is 6.92. The summed E-state index contributed by atoms with van der Waals surface area (Å²) in [4.78, 5) is 0. The molecule has 62 valence electrons. The molecule has 0 heterocycles. The van der Waals surface area contributed by atoms with Crippen LogP contribution in [-0.2, 0) is 0 Å². The van der Waals surface area contributed by atoms with Gasteiger partial charge in [-0.2, -0.15) is 0 Å². The van der Waals surface area contributed by atoms with Crippen LogP contribution >= 0.6 is 0 Å². The van der Waals surface area contributed by atoms with Crippen LogP contribution in [0.5, 0.6) is 0 Å². The van der Waals surface area contributed by atoms with Crippen LogP contribution in [0.1, 0.15) is 38.5 Å². The lowest BCUT2D eigenvalue weighted by Gasteiger charge is -2.42. The Kier molecular flexibility index (Phi) is 1.07. The van der Waals surface area contributed by atoms with Crippen molar-refractivity contribution in [3.63, 3.8) is 0 Å². The molecule has 0 aromatic rings. The molecule has 11 heavy (non-hydrogen) atoms. The molecule has 0 radical (unpaired) electrons. The van der Waals surface area contributed by atoms with E-state index in [1.807, 2.05) is 0 Å². The van der Waals surface area contributed by atoms with Gasteiger partial charge in [0, 0.05) is 0 Å². The molecule has 2 bridgehead atoms. The van der Waals surface area contributed by atoms with Gasteiger partial charge in [0.15, 0.2) is 0 Å². The molecule has 3 saturated carbocycles. The fourth-order valence-corrected chi connectivity index (χ4v) is 3.99. The number of aliphatic hydroxyl groups is 1. The fraction of sp³-hybridized carbons (Fsp3) is 1.00. The Balaban J connectivity index is 1.97. The zero-order valence-corrected chi connectivity index (χ0v) is 6.92. The van der Waals surface area contributed by atoms with Crippen molar-refractivity contribution in [2.45, 2.75) is 44.1 Å². The fourth-order valence-electron chi connectivity index (χ4n) is 3.99. The lowest BCUT2D eigenvalue weighted by atomic mass is 9.68. The molecule has 1 N–H and O–H groups in total. The molecule has 1 nitrogen and oxygen atoms in total. The third-order valence-corrected chi connectivity index (χ3v) is 4.31. The number of hydrogen-bond donors (Lipinski definition) is 1. The molecule has 0 amide bonds. The largest absolute Gasteiger partial charge is 0.390 e. The molecule has 0 saturated heterocycles. The predicted octanol–water partition coefficient (Wildman–Crippen LogP) is 1.95. The van der Waals surface area contributed by atoms with E-state index < -0.39 is 0 Å². The first kappa shape index (κ1) is 6.47. The van der Waals surface area contributed by atoms with Crippen LogP contribution in [0.25, 0.3) is 0 Å². The molecule has 4 atom stereocenters. The normalized spacial score (nSPS) is 60.3. The molecule has 3 rings (SSSR count). The van der Waals surface area contributed by atoms with Crippen molar-refractivity contribution >= 4 is 0 Å². The average Bonchev–Trinajstić information content (AvgIpc) is 2.40. The first-order valence-electron chi connectivity index (χ1n) is 5.00. The van der Waals surface area contributed by atoms with Gasteiger partial charge >= 0.3 is 0 Å². The van der Waals surface area contributed by atoms with E-state index in [1.54, 1.807) is 0 Å². The summed E-state index contributed by atoms with van der Waals surface area (Å²) in [7, 11) is 0. The van der Waals surface area contributed by atoms with E-state index >= 15 is 0 Å². The van der Waals surface area contributed by atoms with E-state index in [1.165, 1.54) is 25.7 Å². The standard InChI is InChI=1S/C10H16O/c11-10-3-1-2-8-4-7(6-10)5-9(8)10/h7-9,11H,1-6H2/t7-,8+,9+,10+/m0/s1. The summed E-state index contributed by atoms with van der Waals surface area (Å²) in [6.45, 7) is 0. The van der Waals surface area contributed by atoms with Gasteiger partial charge in [-0.05, 0) is 49.9 Å². The van der Waals surface area contributed by atoms with Gasteiger partial charge in [0.05, 0.1) is 5.60 Å². The van der Waals surface area contributed by atoms with Crippen molar-refractivity contribution in [2.24, 2.45) is 17.8 Å². The van der Waals surface area contributed by atoms with Crippen molar-refractivity contribution in [3.05, 3.63) is 0 Å². The van der Waals surface area contributed by atoms with Gasteiger partial charge in [0.2, 0.25) is 0 Å². The summed E-state index contributed by atoms with van der Waals surface area (Å²) in [5, 5.41) is 10.2. The van der Waals surface area contributed by atoms with Gasteiger partial charge in [-0.25, -0.2) is 0 Å². The lowest BCUT2D eigenvalue weighted by Crippen LogP contribution is -2.42. The van der Waals surface area contributed by atoms with Crippen molar-refractivity contribution in [2.75, 3.05) is 0 Å². The van der Waals surface area contributed by atoms with E-state index in [0.29, 0.717) is 5.92 Å². The van der Waals surface area contributed by atoms with Crippen LogP contribution in [-0.4, -0.2) is 10.7 Å². The van der Waals surface area contributed by atoms with Crippen LogP contribution in [0.2, 0.25) is 0 Å². The third-order valence-electron chi connectivity index (χ3n) is 4.31. The second-order valence-electron chi connectivity index (χ2n) is 4.90. The summed E-state index contributed by atoms with van der Waals surface area (Å²) in [6.07, 6.45) is 7.71. The van der Waals surface area contributed by atoms with Gasteiger partial charge < -0.3 is 5.11 Å². The van der Waals surface area contributed by atoms with E-state index in [9.17, 15) is 5.11 Å². The van der Waals surface area contributed by atoms with E-state index in [2.05, 4.69) is 0 Å². The molecule has 0 unspecified atom stereocenters. The van der Waals surface area contributed by atoms with Crippen LogP contribution in [0, 0.1) is 17.8 Å². The van der Waals surface area contributed by atoms with Gasteiger partial charge in [0.1, 0.15) is 0 Å². The maximum absolute atomic E-state index is 10.2. The van der Waals surface area contributed by atoms with Gasteiger partial charge in [-0.3, -0.25) is 0 Å². The number of rotatable bonds is 0. The van der Waals surface area contributed by atoms with Crippen molar-refractivity contribution in [1.82, 2.24) is 0 Å². The van der Waals surface area contributed by atoms with Crippen LogP contribution in [0.4, 0.5) is 0 Å². The Morgan fingerprint density at radius 2 is 2.18 bits per heavy atom. The first-order chi connectivity index (χ1) is 5.28. The predicted molar refractivity (Wildman–Crippen MR) is 43.1 cm³/mol. The highest BCUT2D eigenvalue weighted by Gasteiger charge is 2.55. The van der Waals surface area contributed by atoms with Crippen molar-refractivity contribution in [3.8, 4) is 0 Å². The molecule has 1 heteroatoms. The lowest BCUT2D eigenvalue weighted by molar-refractivity contribution is -0.0666. The Morgan fingerprint density at radius 3 is 2.82 bits per heavy atom. The first-order valence-corrected chi connectivity index (χ1v) is 5.00. The van der Waals surface area contributed by atoms with Crippen LogP contribution < -0.4 is 0 Å². The third kappa shape index (κ3) is 0.703. The molecule has 0 aromatic heterocycles. The van der Waals surface area contributed by atoms with Crippen LogP contribution in [0.3, 0.4) is 0 Å². The maximum Gasteiger partial charge on any atom is 0.0681 e. The summed E-state index contributed by atoms with van der Waals surface area (Å²) in [5.74, 6) is 2.52. The molecule has 0 aliphatic heterocycles.